The molecule has 25 heavy (non-hydrogen) atoms. The van der Waals surface area contributed by atoms with E-state index in [-0.39, 0.29) is 23.0 Å². The molecule has 1 saturated heterocycles. The van der Waals surface area contributed by atoms with Gasteiger partial charge in [-0.05, 0) is 23.5 Å². The molecule has 1 aromatic heterocycles. The molecule has 0 N–H and O–H groups in total. The van der Waals surface area contributed by atoms with Gasteiger partial charge in [-0.1, -0.05) is 20.8 Å². The third-order valence-electron chi connectivity index (χ3n) is 4.55. The second kappa shape index (κ2) is 6.57. The zero-order valence-corrected chi connectivity index (χ0v) is 15.6. The predicted molar refractivity (Wildman–Crippen MR) is 93.6 cm³/mol. The molecule has 5 nitrogen and oxygen atoms in total. The van der Waals surface area contributed by atoms with Crippen LogP contribution in [0, 0.1) is 5.82 Å². The minimum absolute atomic E-state index is 0.0126. The maximum atomic E-state index is 15.2. The highest BCUT2D eigenvalue weighted by molar-refractivity contribution is 6.17. The van der Waals surface area contributed by atoms with E-state index in [1.807, 2.05) is 20.8 Å². The second-order valence-corrected chi connectivity index (χ2v) is 7.55. The Morgan fingerprint density at radius 2 is 2.20 bits per heavy atom. The molecular weight excluding hydrogens is 347 g/mol. The number of ether oxygens (including phenoxy) is 2. The third-order valence-corrected chi connectivity index (χ3v) is 4.79. The summed E-state index contributed by atoms with van der Waals surface area (Å²) in [5, 5.41) is 0. The fourth-order valence-corrected chi connectivity index (χ4v) is 3.28. The number of hydrogen-bond donors (Lipinski definition) is 0. The summed E-state index contributed by atoms with van der Waals surface area (Å²) in [6.07, 6.45) is 0.921. The smallest absolute Gasteiger partial charge is 0.340 e. The highest BCUT2D eigenvalue weighted by Crippen LogP contribution is 2.35. The quantitative estimate of drug-likeness (QED) is 0.608. The van der Waals surface area contributed by atoms with E-state index in [0.717, 1.165) is 12.0 Å². The first-order valence-corrected chi connectivity index (χ1v) is 8.79. The Kier molecular flexibility index (Phi) is 4.77. The van der Waals surface area contributed by atoms with Gasteiger partial charge in [0.15, 0.2) is 5.82 Å². The average molecular weight is 369 g/mol. The Hall–Kier alpha value is -1.66. The minimum Gasteiger partial charge on any atom is -0.465 e. The van der Waals surface area contributed by atoms with Crippen LogP contribution in [0.4, 0.5) is 4.39 Å². The summed E-state index contributed by atoms with van der Waals surface area (Å²) >= 11 is 6.06. The summed E-state index contributed by atoms with van der Waals surface area (Å²) in [4.78, 5) is 16.7. The van der Waals surface area contributed by atoms with Gasteiger partial charge in [-0.3, -0.25) is 0 Å². The van der Waals surface area contributed by atoms with Crippen molar-refractivity contribution in [1.29, 1.82) is 0 Å². The maximum absolute atomic E-state index is 15.2. The molecule has 0 radical (unpaired) electrons. The largest absolute Gasteiger partial charge is 0.465 e. The topological polar surface area (TPSA) is 53.3 Å². The van der Waals surface area contributed by atoms with Gasteiger partial charge in [0.05, 0.1) is 36.7 Å². The molecule has 0 amide bonds. The Bertz CT molecular complexity index is 822. The van der Waals surface area contributed by atoms with Crippen LogP contribution in [0.2, 0.25) is 0 Å². The molecule has 0 saturated carbocycles. The van der Waals surface area contributed by atoms with Crippen LogP contribution in [0.3, 0.4) is 0 Å². The van der Waals surface area contributed by atoms with Crippen LogP contribution in [-0.2, 0) is 27.3 Å². The van der Waals surface area contributed by atoms with Crippen LogP contribution in [0.1, 0.15) is 48.9 Å². The Morgan fingerprint density at radius 3 is 2.68 bits per heavy atom. The van der Waals surface area contributed by atoms with E-state index in [1.54, 1.807) is 10.6 Å². The molecule has 0 spiro atoms. The van der Waals surface area contributed by atoms with Gasteiger partial charge in [0.2, 0.25) is 0 Å². The van der Waals surface area contributed by atoms with Crippen LogP contribution in [0.15, 0.2) is 6.07 Å². The number of imidazole rings is 1. The number of nitrogens with zero attached hydrogens (tertiary/aromatic N) is 2. The average Bonchev–Trinajstić information content (AvgIpc) is 2.88. The summed E-state index contributed by atoms with van der Waals surface area (Å²) in [6.45, 7) is 7.15. The van der Waals surface area contributed by atoms with E-state index in [1.165, 1.54) is 7.11 Å². The van der Waals surface area contributed by atoms with Crippen molar-refractivity contribution in [2.24, 2.45) is 0 Å². The summed E-state index contributed by atoms with van der Waals surface area (Å²) in [5.74, 6) is -0.612. The van der Waals surface area contributed by atoms with Gasteiger partial charge in [0.25, 0.3) is 0 Å². The Labute approximate surface area is 151 Å². The second-order valence-electron chi connectivity index (χ2n) is 7.28. The summed E-state index contributed by atoms with van der Waals surface area (Å²) < 4.78 is 27.2. The SMILES string of the molecule is COC(=O)c1cc(C(C)(C)C)c2nc(CCl)n(C[C@@H]3CCO3)c2c1F. The van der Waals surface area contributed by atoms with E-state index in [4.69, 9.17) is 21.1 Å². The van der Waals surface area contributed by atoms with Gasteiger partial charge in [-0.2, -0.15) is 0 Å². The molecule has 1 aliphatic heterocycles. The van der Waals surface area contributed by atoms with Crippen molar-refractivity contribution < 1.29 is 18.7 Å². The number of carbonyl (C=O) groups excluding carboxylic acids is 1. The van der Waals surface area contributed by atoms with E-state index >= 15 is 4.39 Å². The lowest BCUT2D eigenvalue weighted by Gasteiger charge is -2.27. The van der Waals surface area contributed by atoms with Crippen LogP contribution in [-0.4, -0.2) is 35.3 Å². The zero-order chi connectivity index (χ0) is 18.4. The van der Waals surface area contributed by atoms with Crippen LogP contribution in [0.5, 0.6) is 0 Å². The number of aromatic nitrogens is 2. The first-order chi connectivity index (χ1) is 11.8. The lowest BCUT2D eigenvalue weighted by molar-refractivity contribution is -0.0589. The highest BCUT2D eigenvalue weighted by Gasteiger charge is 2.30. The summed E-state index contributed by atoms with van der Waals surface area (Å²) in [5.41, 5.74) is 1.19. The van der Waals surface area contributed by atoms with Crippen molar-refractivity contribution in [3.8, 4) is 0 Å². The van der Waals surface area contributed by atoms with E-state index in [0.29, 0.717) is 30.0 Å². The minimum atomic E-state index is -0.704. The number of esters is 1. The number of benzene rings is 1. The molecular formula is C18H22ClFN2O3. The van der Waals surface area contributed by atoms with Crippen molar-refractivity contribution in [3.63, 3.8) is 0 Å². The summed E-state index contributed by atoms with van der Waals surface area (Å²) in [7, 11) is 1.24. The maximum Gasteiger partial charge on any atom is 0.340 e. The molecule has 3 rings (SSSR count). The summed E-state index contributed by atoms with van der Waals surface area (Å²) in [6, 6.07) is 1.54. The van der Waals surface area contributed by atoms with Crippen molar-refractivity contribution in [2.45, 2.75) is 51.1 Å². The molecule has 0 unspecified atom stereocenters. The zero-order valence-electron chi connectivity index (χ0n) is 14.9. The predicted octanol–water partition coefficient (Wildman–Crippen LogP) is 3.79. The van der Waals surface area contributed by atoms with Gasteiger partial charge < -0.3 is 14.0 Å². The fourth-order valence-electron chi connectivity index (χ4n) is 3.07. The normalized spacial score (nSPS) is 17.6. The molecule has 0 aliphatic carbocycles. The Morgan fingerprint density at radius 1 is 1.52 bits per heavy atom. The van der Waals surface area contributed by atoms with Crippen molar-refractivity contribution in [2.75, 3.05) is 13.7 Å². The number of hydrogen-bond acceptors (Lipinski definition) is 4. The van der Waals surface area contributed by atoms with Gasteiger partial charge in [0.1, 0.15) is 11.3 Å². The molecule has 1 aromatic carbocycles. The molecule has 2 aromatic rings. The van der Waals surface area contributed by atoms with Crippen LogP contribution >= 0.6 is 11.6 Å². The fraction of sp³-hybridized carbons (Fsp3) is 0.556. The monoisotopic (exact) mass is 368 g/mol. The first kappa shape index (κ1) is 18.1. The third kappa shape index (κ3) is 3.13. The van der Waals surface area contributed by atoms with Gasteiger partial charge >= 0.3 is 5.97 Å². The van der Waals surface area contributed by atoms with Crippen molar-refractivity contribution in [1.82, 2.24) is 9.55 Å². The lowest BCUT2D eigenvalue weighted by atomic mass is 9.85. The number of carbonyl (C=O) groups is 1. The van der Waals surface area contributed by atoms with Crippen LogP contribution < -0.4 is 0 Å². The molecule has 1 atom stereocenters. The molecule has 136 valence electrons. The number of rotatable bonds is 4. The van der Waals surface area contributed by atoms with Gasteiger partial charge in [-0.25, -0.2) is 14.2 Å². The highest BCUT2D eigenvalue weighted by atomic mass is 35.5. The van der Waals surface area contributed by atoms with Crippen molar-refractivity contribution >= 4 is 28.6 Å². The number of methoxy groups -OCH3 is 1. The lowest BCUT2D eigenvalue weighted by Crippen LogP contribution is -2.31. The van der Waals surface area contributed by atoms with Gasteiger partial charge in [-0.15, -0.1) is 11.6 Å². The van der Waals surface area contributed by atoms with E-state index < -0.39 is 11.8 Å². The number of alkyl halides is 1. The number of halogens is 2. The van der Waals surface area contributed by atoms with Gasteiger partial charge in [0, 0.05) is 6.61 Å². The van der Waals surface area contributed by atoms with E-state index in [2.05, 4.69) is 4.98 Å². The standard InChI is InChI=1S/C18H22ClFN2O3/c1-18(2,3)12-7-11(17(23)24-4)14(20)16-15(12)21-13(8-19)22(16)9-10-5-6-25-10/h7,10H,5-6,8-9H2,1-4H3/t10-/m0/s1. The molecule has 7 heteroatoms. The number of fused-ring (bicyclic) bond motifs is 1. The Balaban J connectivity index is 2.32. The molecule has 1 fully saturated rings. The first-order valence-electron chi connectivity index (χ1n) is 8.26. The van der Waals surface area contributed by atoms with Crippen LogP contribution in [0.25, 0.3) is 11.0 Å². The van der Waals surface area contributed by atoms with E-state index in [9.17, 15) is 4.79 Å². The van der Waals surface area contributed by atoms with Crippen molar-refractivity contribution in [3.05, 3.63) is 28.8 Å². The molecule has 0 bridgehead atoms. The molecule has 2 heterocycles. The molecule has 1 aliphatic rings.